The van der Waals surface area contributed by atoms with Crippen molar-refractivity contribution in [1.82, 2.24) is 14.0 Å². The Balaban J connectivity index is 2.20. The Hall–Kier alpha value is -1.85. The molecule has 1 unspecified atom stereocenters. The predicted octanol–water partition coefficient (Wildman–Crippen LogP) is 1.51. The number of carbonyl (C=O) groups excluding carboxylic acids is 1. The first-order valence-corrected chi connectivity index (χ1v) is 10.5. The normalized spacial score (nSPS) is 17.8. The molecule has 27 heavy (non-hydrogen) atoms. The summed E-state index contributed by atoms with van der Waals surface area (Å²) in [5, 5.41) is 6.71. The van der Waals surface area contributed by atoms with Crippen LogP contribution in [0.5, 0.6) is 0 Å². The second-order valence-corrected chi connectivity index (χ2v) is 7.90. The van der Waals surface area contributed by atoms with Crippen LogP contribution in [-0.4, -0.2) is 72.3 Å². The molecule has 1 saturated heterocycles. The van der Waals surface area contributed by atoms with E-state index in [1.807, 2.05) is 0 Å². The first-order chi connectivity index (χ1) is 13.0. The van der Waals surface area contributed by atoms with Gasteiger partial charge in [-0.15, -0.1) is 0 Å². The van der Waals surface area contributed by atoms with Gasteiger partial charge in [0.15, 0.2) is 0 Å². The molecule has 150 valence electrons. The van der Waals surface area contributed by atoms with Gasteiger partial charge in [0, 0.05) is 24.6 Å². The quantitative estimate of drug-likeness (QED) is 0.149. The molecule has 0 spiro atoms. The maximum absolute atomic E-state index is 13.2. The number of carbonyl (C=O) groups is 1. The molecule has 13 heteroatoms. The van der Waals surface area contributed by atoms with E-state index >= 15 is 0 Å². The van der Waals surface area contributed by atoms with Crippen LogP contribution in [-0.2, 0) is 28.2 Å². The molecule has 0 radical (unpaired) electrons. The fourth-order valence-corrected chi connectivity index (χ4v) is 4.72. The van der Waals surface area contributed by atoms with E-state index in [0.29, 0.717) is 26.3 Å². The second kappa shape index (κ2) is 10.5. The number of morpholine rings is 1. The highest BCUT2D eigenvalue weighted by molar-refractivity contribution is 7.58. The molecule has 0 bridgehead atoms. The average molecular weight is 419 g/mol. The van der Waals surface area contributed by atoms with Gasteiger partial charge in [-0.05, 0) is 6.92 Å². The van der Waals surface area contributed by atoms with Crippen molar-refractivity contribution in [2.45, 2.75) is 6.92 Å². The summed E-state index contributed by atoms with van der Waals surface area (Å²) in [5.74, 6) is -0.770. The lowest BCUT2D eigenvalue weighted by atomic mass is 10.4. The zero-order valence-corrected chi connectivity index (χ0v) is 16.8. The van der Waals surface area contributed by atoms with Crippen LogP contribution in [0.2, 0.25) is 0 Å². The lowest BCUT2D eigenvalue weighted by Gasteiger charge is -2.32. The van der Waals surface area contributed by atoms with Crippen molar-refractivity contribution < 1.29 is 28.2 Å². The minimum Gasteiger partial charge on any atom is -0.464 e. The van der Waals surface area contributed by atoms with Crippen molar-refractivity contribution in [2.24, 2.45) is 5.16 Å². The third kappa shape index (κ3) is 5.81. The topological polar surface area (TPSA) is 124 Å². The molecule has 1 fully saturated rings. The standard InChI is InChI=1S/C14H22N5O6PS/c1-4-8-24-16-11(13(20)22-3)12-15-14(27-18-12)17-26(21,25-5-2)19-6-9-23-10-7-19/h4H,1,5-10H2,2-3H3,(H,15,17,18,21)/b16-11-. The second-order valence-electron chi connectivity index (χ2n) is 5.06. The number of esters is 1. The molecule has 1 N–H and O–H groups in total. The van der Waals surface area contributed by atoms with Crippen LogP contribution in [0.3, 0.4) is 0 Å². The summed E-state index contributed by atoms with van der Waals surface area (Å²) in [6, 6.07) is 0. The maximum atomic E-state index is 13.2. The van der Waals surface area contributed by atoms with Crippen molar-refractivity contribution >= 4 is 36.0 Å². The van der Waals surface area contributed by atoms with Gasteiger partial charge in [-0.3, -0.25) is 5.09 Å². The van der Waals surface area contributed by atoms with E-state index in [1.54, 1.807) is 11.6 Å². The molecular weight excluding hydrogens is 397 g/mol. The minimum atomic E-state index is -3.38. The van der Waals surface area contributed by atoms with Crippen LogP contribution in [0.4, 0.5) is 5.13 Å². The summed E-state index contributed by atoms with van der Waals surface area (Å²) in [7, 11) is -2.17. The van der Waals surface area contributed by atoms with Gasteiger partial charge in [0.1, 0.15) is 6.61 Å². The van der Waals surface area contributed by atoms with E-state index in [-0.39, 0.29) is 29.9 Å². The Labute approximate surface area is 161 Å². The number of rotatable bonds is 10. The fraction of sp³-hybridized carbons (Fsp3) is 0.571. The maximum Gasteiger partial charge on any atom is 0.370 e. The van der Waals surface area contributed by atoms with Crippen LogP contribution in [0.15, 0.2) is 17.8 Å². The molecule has 1 atom stereocenters. The summed E-state index contributed by atoms with van der Waals surface area (Å²) < 4.78 is 34.4. The number of hydrogen-bond acceptors (Lipinski definition) is 10. The molecule has 1 aromatic rings. The summed E-state index contributed by atoms with van der Waals surface area (Å²) in [5.41, 5.74) is -0.207. The van der Waals surface area contributed by atoms with Crippen LogP contribution in [0.1, 0.15) is 12.7 Å². The summed E-state index contributed by atoms with van der Waals surface area (Å²) in [6.45, 7) is 7.43. The van der Waals surface area contributed by atoms with Crippen LogP contribution < -0.4 is 5.09 Å². The molecule has 2 heterocycles. The average Bonchev–Trinajstić information content (AvgIpc) is 3.13. The molecule has 0 amide bonds. The Kier molecular flexibility index (Phi) is 8.32. The highest BCUT2D eigenvalue weighted by atomic mass is 32.1. The van der Waals surface area contributed by atoms with Crippen LogP contribution in [0, 0.1) is 0 Å². The highest BCUT2D eigenvalue weighted by Crippen LogP contribution is 2.50. The van der Waals surface area contributed by atoms with E-state index in [2.05, 4.69) is 30.9 Å². The number of nitrogens with one attached hydrogen (secondary N) is 1. The Bertz CT molecular complexity index is 721. The van der Waals surface area contributed by atoms with E-state index in [0.717, 1.165) is 11.5 Å². The molecule has 2 rings (SSSR count). The number of hydrogen-bond donors (Lipinski definition) is 1. The minimum absolute atomic E-state index is 0.0107. The fourth-order valence-electron chi connectivity index (χ4n) is 2.08. The Morgan fingerprint density at radius 1 is 1.52 bits per heavy atom. The lowest BCUT2D eigenvalue weighted by Crippen LogP contribution is -2.36. The molecule has 0 aliphatic carbocycles. The molecule has 1 aliphatic heterocycles. The Morgan fingerprint density at radius 3 is 2.89 bits per heavy atom. The van der Waals surface area contributed by atoms with Crippen molar-refractivity contribution in [3.05, 3.63) is 18.5 Å². The third-order valence-electron chi connectivity index (χ3n) is 3.27. The van der Waals surface area contributed by atoms with Gasteiger partial charge in [0.2, 0.25) is 16.7 Å². The van der Waals surface area contributed by atoms with Gasteiger partial charge in [-0.1, -0.05) is 17.8 Å². The number of oxime groups is 1. The van der Waals surface area contributed by atoms with E-state index < -0.39 is 13.6 Å². The summed E-state index contributed by atoms with van der Waals surface area (Å²) >= 11 is 0.915. The van der Waals surface area contributed by atoms with Gasteiger partial charge in [0.05, 0.1) is 26.9 Å². The third-order valence-corrected chi connectivity index (χ3v) is 6.29. The molecule has 0 saturated carbocycles. The van der Waals surface area contributed by atoms with Crippen LogP contribution >= 0.6 is 19.2 Å². The lowest BCUT2D eigenvalue weighted by molar-refractivity contribution is -0.132. The molecule has 0 aromatic carbocycles. The van der Waals surface area contributed by atoms with Gasteiger partial charge < -0.3 is 18.8 Å². The van der Waals surface area contributed by atoms with E-state index in [9.17, 15) is 9.36 Å². The number of anilines is 1. The molecule has 1 aromatic heterocycles. The monoisotopic (exact) mass is 419 g/mol. The first kappa shape index (κ1) is 21.5. The van der Waals surface area contributed by atoms with Crippen molar-refractivity contribution in [2.75, 3.05) is 51.7 Å². The van der Waals surface area contributed by atoms with Gasteiger partial charge >= 0.3 is 13.6 Å². The molecule has 1 aliphatic rings. The number of methoxy groups -OCH3 is 1. The summed E-state index contributed by atoms with van der Waals surface area (Å²) in [4.78, 5) is 21.0. The zero-order valence-electron chi connectivity index (χ0n) is 15.1. The predicted molar refractivity (Wildman–Crippen MR) is 99.9 cm³/mol. The highest BCUT2D eigenvalue weighted by Gasteiger charge is 2.34. The number of nitrogens with zero attached hydrogens (tertiary/aromatic N) is 4. The van der Waals surface area contributed by atoms with Gasteiger partial charge in [-0.2, -0.15) is 9.36 Å². The zero-order chi connectivity index (χ0) is 19.7. The number of aromatic nitrogens is 2. The van der Waals surface area contributed by atoms with Crippen molar-refractivity contribution in [1.29, 1.82) is 0 Å². The first-order valence-electron chi connectivity index (χ1n) is 8.13. The largest absolute Gasteiger partial charge is 0.464 e. The van der Waals surface area contributed by atoms with Crippen molar-refractivity contribution in [3.8, 4) is 0 Å². The van der Waals surface area contributed by atoms with E-state index in [1.165, 1.54) is 13.2 Å². The van der Waals surface area contributed by atoms with Crippen LogP contribution in [0.25, 0.3) is 0 Å². The SMILES string of the molecule is C=CCO/N=C(\C(=O)OC)c1nsc(NP(=O)(OCC)N2CCOCC2)n1. The summed E-state index contributed by atoms with van der Waals surface area (Å²) in [6.07, 6.45) is 1.47. The van der Waals surface area contributed by atoms with E-state index in [4.69, 9.17) is 14.1 Å². The smallest absolute Gasteiger partial charge is 0.370 e. The van der Waals surface area contributed by atoms with Gasteiger partial charge in [-0.25, -0.2) is 14.0 Å². The molecule has 11 nitrogen and oxygen atoms in total. The number of ether oxygens (including phenoxy) is 2. The van der Waals surface area contributed by atoms with Crippen molar-refractivity contribution in [3.63, 3.8) is 0 Å². The molecular formula is C14H22N5O6PS. The Morgan fingerprint density at radius 2 is 2.26 bits per heavy atom. The van der Waals surface area contributed by atoms with Gasteiger partial charge in [0.25, 0.3) is 0 Å².